The summed E-state index contributed by atoms with van der Waals surface area (Å²) in [4.78, 5) is 37.9. The Kier molecular flexibility index (Phi) is 5.88. The van der Waals surface area contributed by atoms with Crippen molar-refractivity contribution < 1.29 is 19.2 Å². The first-order chi connectivity index (χ1) is 13.5. The van der Waals surface area contributed by atoms with Gasteiger partial charge in [0.15, 0.2) is 0 Å². The van der Waals surface area contributed by atoms with Gasteiger partial charge in [0.1, 0.15) is 5.69 Å². The van der Waals surface area contributed by atoms with Gasteiger partial charge in [-0.2, -0.15) is 0 Å². The monoisotopic (exact) mass is 383 g/mol. The van der Waals surface area contributed by atoms with Gasteiger partial charge in [-0.3, -0.25) is 14.9 Å². The van der Waals surface area contributed by atoms with Gasteiger partial charge in [-0.25, -0.2) is 4.79 Å². The van der Waals surface area contributed by atoms with Crippen LogP contribution in [0.2, 0.25) is 0 Å². The summed E-state index contributed by atoms with van der Waals surface area (Å²) in [5, 5.41) is 13.9. The van der Waals surface area contributed by atoms with Crippen molar-refractivity contribution in [2.45, 2.75) is 18.9 Å². The molecular weight excluding hydrogens is 362 g/mol. The molecule has 0 bridgehead atoms. The summed E-state index contributed by atoms with van der Waals surface area (Å²) >= 11 is 0. The molecule has 0 aliphatic carbocycles. The number of nitrogens with one attached hydrogen (secondary N) is 1. The van der Waals surface area contributed by atoms with E-state index in [0.29, 0.717) is 18.7 Å². The molecule has 0 spiro atoms. The second-order valence-corrected chi connectivity index (χ2v) is 6.47. The fourth-order valence-corrected chi connectivity index (χ4v) is 3.19. The smallest absolute Gasteiger partial charge is 0.339 e. The fourth-order valence-electron chi connectivity index (χ4n) is 3.19. The van der Waals surface area contributed by atoms with Gasteiger partial charge in [-0.1, -0.05) is 30.3 Å². The minimum absolute atomic E-state index is 0.0147. The van der Waals surface area contributed by atoms with Gasteiger partial charge in [-0.05, 0) is 25.0 Å². The number of hydrogen-bond donors (Lipinski definition) is 1. The molecule has 1 aliphatic heterocycles. The van der Waals surface area contributed by atoms with Gasteiger partial charge >= 0.3 is 5.97 Å². The number of likely N-dealkylation sites (tertiary alicyclic amines) is 1. The lowest BCUT2D eigenvalue weighted by Crippen LogP contribution is -2.34. The molecule has 8 nitrogen and oxygen atoms in total. The van der Waals surface area contributed by atoms with Gasteiger partial charge in [0.05, 0.1) is 10.5 Å². The molecule has 146 valence electrons. The highest BCUT2D eigenvalue weighted by atomic mass is 16.6. The molecular formula is C20H21N3O5. The van der Waals surface area contributed by atoms with Crippen LogP contribution in [0, 0.1) is 10.1 Å². The van der Waals surface area contributed by atoms with Crippen LogP contribution in [0.15, 0.2) is 48.5 Å². The predicted octanol–water partition coefficient (Wildman–Crippen LogP) is 3.16. The SMILES string of the molecule is CNc1ccc(C(=O)O[C@H](C(=O)N2CCCC2)c2ccccc2)cc1[N+](=O)[O-]. The van der Waals surface area contributed by atoms with Crippen molar-refractivity contribution in [3.63, 3.8) is 0 Å². The molecule has 0 aromatic heterocycles. The summed E-state index contributed by atoms with van der Waals surface area (Å²) in [6.07, 6.45) is 0.743. The van der Waals surface area contributed by atoms with Crippen LogP contribution in [-0.2, 0) is 9.53 Å². The molecule has 2 aromatic carbocycles. The van der Waals surface area contributed by atoms with E-state index in [2.05, 4.69) is 5.32 Å². The van der Waals surface area contributed by atoms with Crippen molar-refractivity contribution in [1.82, 2.24) is 4.90 Å². The second-order valence-electron chi connectivity index (χ2n) is 6.47. The van der Waals surface area contributed by atoms with E-state index in [-0.39, 0.29) is 22.8 Å². The van der Waals surface area contributed by atoms with Crippen LogP contribution in [0.4, 0.5) is 11.4 Å². The Hall–Kier alpha value is -3.42. The summed E-state index contributed by atoms with van der Waals surface area (Å²) in [6, 6.07) is 12.8. The molecule has 2 aromatic rings. The lowest BCUT2D eigenvalue weighted by Gasteiger charge is -2.23. The van der Waals surface area contributed by atoms with Crippen LogP contribution in [0.3, 0.4) is 0 Å². The van der Waals surface area contributed by atoms with Crippen molar-refractivity contribution in [3.8, 4) is 0 Å². The number of ether oxygens (including phenoxy) is 1. The molecule has 1 N–H and O–H groups in total. The van der Waals surface area contributed by atoms with Gasteiger partial charge in [-0.15, -0.1) is 0 Å². The van der Waals surface area contributed by atoms with Crippen LogP contribution >= 0.6 is 0 Å². The Balaban J connectivity index is 1.88. The Bertz CT molecular complexity index is 879. The highest BCUT2D eigenvalue weighted by Crippen LogP contribution is 2.28. The number of benzene rings is 2. The van der Waals surface area contributed by atoms with E-state index < -0.39 is 17.0 Å². The van der Waals surface area contributed by atoms with Crippen molar-refractivity contribution >= 4 is 23.3 Å². The van der Waals surface area contributed by atoms with Crippen molar-refractivity contribution in [3.05, 3.63) is 69.8 Å². The van der Waals surface area contributed by atoms with Crippen LogP contribution < -0.4 is 5.32 Å². The Morgan fingerprint density at radius 1 is 1.14 bits per heavy atom. The molecule has 0 radical (unpaired) electrons. The quantitative estimate of drug-likeness (QED) is 0.467. The number of rotatable bonds is 6. The number of amides is 1. The molecule has 0 unspecified atom stereocenters. The van der Waals surface area contributed by atoms with Crippen LogP contribution in [0.1, 0.15) is 34.9 Å². The summed E-state index contributed by atoms with van der Waals surface area (Å²) in [5.41, 5.74) is 0.628. The third-order valence-electron chi connectivity index (χ3n) is 4.67. The average molecular weight is 383 g/mol. The Morgan fingerprint density at radius 3 is 2.43 bits per heavy atom. The zero-order chi connectivity index (χ0) is 20.1. The lowest BCUT2D eigenvalue weighted by molar-refractivity contribution is -0.384. The average Bonchev–Trinajstić information content (AvgIpc) is 3.26. The number of anilines is 1. The van der Waals surface area contributed by atoms with Gasteiger partial charge in [0.25, 0.3) is 11.6 Å². The van der Waals surface area contributed by atoms with Crippen molar-refractivity contribution in [2.24, 2.45) is 0 Å². The van der Waals surface area contributed by atoms with Gasteiger partial charge in [0.2, 0.25) is 6.10 Å². The summed E-state index contributed by atoms with van der Waals surface area (Å²) in [6.45, 7) is 1.25. The highest BCUT2D eigenvalue weighted by molar-refractivity contribution is 5.94. The van der Waals surface area contributed by atoms with E-state index in [1.54, 1.807) is 36.2 Å². The predicted molar refractivity (Wildman–Crippen MR) is 103 cm³/mol. The summed E-state index contributed by atoms with van der Waals surface area (Å²) in [7, 11) is 1.56. The normalized spacial score (nSPS) is 14.4. The number of esters is 1. The number of carbonyl (C=O) groups excluding carboxylic acids is 2. The standard InChI is InChI=1S/C20H21N3O5/c1-21-16-10-9-15(13-17(16)23(26)27)20(25)28-18(14-7-3-2-4-8-14)19(24)22-11-5-6-12-22/h2-4,7-10,13,18,21H,5-6,11-12H2,1H3/t18-/m0/s1. The van der Waals surface area contributed by atoms with E-state index in [1.807, 2.05) is 6.07 Å². The molecule has 1 aliphatic rings. The third kappa shape index (κ3) is 4.11. The first-order valence-corrected chi connectivity index (χ1v) is 9.02. The van der Waals surface area contributed by atoms with Gasteiger partial charge < -0.3 is 15.0 Å². The molecule has 1 heterocycles. The number of nitrogens with zero attached hydrogens (tertiary/aromatic N) is 2. The molecule has 1 atom stereocenters. The molecule has 1 saturated heterocycles. The highest BCUT2D eigenvalue weighted by Gasteiger charge is 2.31. The van der Waals surface area contributed by atoms with E-state index in [9.17, 15) is 19.7 Å². The minimum atomic E-state index is -1.09. The Labute approximate surface area is 162 Å². The number of carbonyl (C=O) groups is 2. The molecule has 8 heteroatoms. The first-order valence-electron chi connectivity index (χ1n) is 9.02. The molecule has 28 heavy (non-hydrogen) atoms. The lowest BCUT2D eigenvalue weighted by atomic mass is 10.1. The first kappa shape index (κ1) is 19.3. The van der Waals surface area contributed by atoms with Crippen LogP contribution in [0.25, 0.3) is 0 Å². The third-order valence-corrected chi connectivity index (χ3v) is 4.67. The van der Waals surface area contributed by atoms with Crippen molar-refractivity contribution in [1.29, 1.82) is 0 Å². The van der Waals surface area contributed by atoms with Gasteiger partial charge in [0, 0.05) is 31.8 Å². The molecule has 0 saturated carbocycles. The zero-order valence-corrected chi connectivity index (χ0v) is 15.5. The summed E-state index contributed by atoms with van der Waals surface area (Å²) < 4.78 is 5.53. The minimum Gasteiger partial charge on any atom is -0.444 e. The largest absolute Gasteiger partial charge is 0.444 e. The van der Waals surface area contributed by atoms with E-state index in [1.165, 1.54) is 12.1 Å². The maximum atomic E-state index is 12.9. The molecule has 3 rings (SSSR count). The Morgan fingerprint density at radius 2 is 1.82 bits per heavy atom. The van der Waals surface area contributed by atoms with Crippen LogP contribution in [0.5, 0.6) is 0 Å². The second kappa shape index (κ2) is 8.51. The van der Waals surface area contributed by atoms with E-state index >= 15 is 0 Å². The van der Waals surface area contributed by atoms with Crippen LogP contribution in [-0.4, -0.2) is 41.8 Å². The van der Waals surface area contributed by atoms with Crippen molar-refractivity contribution in [2.75, 3.05) is 25.5 Å². The topological polar surface area (TPSA) is 102 Å². The molecule has 1 fully saturated rings. The maximum absolute atomic E-state index is 12.9. The number of nitro groups is 1. The maximum Gasteiger partial charge on any atom is 0.339 e. The zero-order valence-electron chi connectivity index (χ0n) is 15.5. The number of nitro benzene ring substituents is 1. The summed E-state index contributed by atoms with van der Waals surface area (Å²) in [5.74, 6) is -1.06. The van der Waals surface area contributed by atoms with E-state index in [0.717, 1.165) is 18.9 Å². The fraction of sp³-hybridized carbons (Fsp3) is 0.300. The van der Waals surface area contributed by atoms with E-state index in [4.69, 9.17) is 4.74 Å². The molecule has 1 amide bonds. The number of hydrogen-bond acceptors (Lipinski definition) is 6.